The van der Waals surface area contributed by atoms with Crippen molar-refractivity contribution in [2.45, 2.75) is 37.6 Å². The summed E-state index contributed by atoms with van der Waals surface area (Å²) in [4.78, 5) is 4.69. The highest BCUT2D eigenvalue weighted by molar-refractivity contribution is 7.99. The Morgan fingerprint density at radius 3 is 2.90 bits per heavy atom. The van der Waals surface area contributed by atoms with E-state index in [2.05, 4.69) is 27.4 Å². The number of unbranched alkanes of at least 4 members (excludes halogenated alkanes) is 2. The number of ether oxygens (including phenoxy) is 3. The molecule has 30 heavy (non-hydrogen) atoms. The van der Waals surface area contributed by atoms with Crippen LogP contribution in [0.25, 0.3) is 11.3 Å². The summed E-state index contributed by atoms with van der Waals surface area (Å²) in [6.45, 7) is 2.43. The highest BCUT2D eigenvalue weighted by Crippen LogP contribution is 2.41. The minimum absolute atomic E-state index is 0.235. The summed E-state index contributed by atoms with van der Waals surface area (Å²) in [5.41, 5.74) is 3.38. The molecule has 2 aliphatic rings. The lowest BCUT2D eigenvalue weighted by Crippen LogP contribution is -2.17. The summed E-state index contributed by atoms with van der Waals surface area (Å²) < 4.78 is 17.3. The van der Waals surface area contributed by atoms with Crippen LogP contribution >= 0.6 is 11.8 Å². The molecule has 0 fully saturated rings. The molecule has 0 aliphatic carbocycles. The molecule has 5 rings (SSSR count). The Labute approximate surface area is 179 Å². The number of hydrogen-bond acceptors (Lipinski definition) is 8. The topological polar surface area (TPSA) is 78.4 Å². The van der Waals surface area contributed by atoms with Gasteiger partial charge in [-0.3, -0.25) is 0 Å². The Hall–Kier alpha value is -3.00. The molecule has 0 spiro atoms. The standard InChI is InChI=1S/C22H22N4O3S/c1-2-3-6-11-30-22-24-21-19(25-26-22)15-7-4-5-8-16(15)23-20(29-21)14-9-10-17-18(12-14)28-13-27-17/h4-5,7-10,12,20,23H,2-3,6,11,13H2,1H3/t20-/m1/s1. The monoisotopic (exact) mass is 422 g/mol. The van der Waals surface area contributed by atoms with Crippen molar-refractivity contribution in [1.29, 1.82) is 0 Å². The van der Waals surface area contributed by atoms with Crippen LogP contribution in [0, 0.1) is 0 Å². The van der Waals surface area contributed by atoms with E-state index in [1.165, 1.54) is 12.8 Å². The molecule has 1 aromatic heterocycles. The molecule has 3 aromatic rings. The molecule has 0 bridgehead atoms. The first kappa shape index (κ1) is 19.0. The predicted octanol–water partition coefficient (Wildman–Crippen LogP) is 5.05. The van der Waals surface area contributed by atoms with E-state index < -0.39 is 6.23 Å². The fraction of sp³-hybridized carbons (Fsp3) is 0.318. The molecule has 3 heterocycles. The largest absolute Gasteiger partial charge is 0.454 e. The first-order chi connectivity index (χ1) is 14.8. The Morgan fingerprint density at radius 2 is 1.97 bits per heavy atom. The number of para-hydroxylation sites is 1. The number of nitrogens with one attached hydrogen (secondary N) is 1. The molecule has 0 unspecified atom stereocenters. The van der Waals surface area contributed by atoms with Gasteiger partial charge in [0.05, 0.1) is 0 Å². The van der Waals surface area contributed by atoms with E-state index in [1.54, 1.807) is 11.8 Å². The van der Waals surface area contributed by atoms with Crippen molar-refractivity contribution in [3.8, 4) is 28.6 Å². The third-order valence-electron chi connectivity index (χ3n) is 5.01. The second kappa shape index (κ2) is 8.39. The van der Waals surface area contributed by atoms with Crippen LogP contribution < -0.4 is 19.5 Å². The Morgan fingerprint density at radius 1 is 1.07 bits per heavy atom. The van der Waals surface area contributed by atoms with Gasteiger partial charge in [0.15, 0.2) is 23.4 Å². The average molecular weight is 423 g/mol. The molecule has 1 N–H and O–H groups in total. The zero-order valence-electron chi connectivity index (χ0n) is 16.6. The van der Waals surface area contributed by atoms with Gasteiger partial charge in [0, 0.05) is 22.6 Å². The lowest BCUT2D eigenvalue weighted by molar-refractivity contribution is 0.173. The van der Waals surface area contributed by atoms with Gasteiger partial charge >= 0.3 is 0 Å². The number of nitrogens with zero attached hydrogens (tertiary/aromatic N) is 3. The van der Waals surface area contributed by atoms with Crippen LogP contribution in [0.5, 0.6) is 17.4 Å². The van der Waals surface area contributed by atoms with E-state index in [9.17, 15) is 0 Å². The Bertz CT molecular complexity index is 1060. The number of rotatable bonds is 6. The summed E-state index contributed by atoms with van der Waals surface area (Å²) in [6.07, 6.45) is 3.07. The third kappa shape index (κ3) is 3.75. The summed E-state index contributed by atoms with van der Waals surface area (Å²) in [5.74, 6) is 2.89. The van der Waals surface area contributed by atoms with E-state index in [-0.39, 0.29) is 6.79 Å². The molecule has 0 saturated carbocycles. The summed E-state index contributed by atoms with van der Waals surface area (Å²) in [7, 11) is 0. The molecule has 8 heteroatoms. The zero-order valence-corrected chi connectivity index (χ0v) is 17.4. The number of hydrogen-bond donors (Lipinski definition) is 1. The van der Waals surface area contributed by atoms with Gasteiger partial charge < -0.3 is 19.5 Å². The fourth-order valence-electron chi connectivity index (χ4n) is 3.45. The van der Waals surface area contributed by atoms with Gasteiger partial charge in [0.2, 0.25) is 17.8 Å². The number of anilines is 1. The van der Waals surface area contributed by atoms with Crippen LogP contribution in [0.4, 0.5) is 5.69 Å². The molecular formula is C22H22N4O3S. The maximum atomic E-state index is 6.32. The van der Waals surface area contributed by atoms with Crippen molar-refractivity contribution in [3.63, 3.8) is 0 Å². The summed E-state index contributed by atoms with van der Waals surface area (Å²) >= 11 is 1.61. The maximum Gasteiger partial charge on any atom is 0.247 e. The Kier molecular flexibility index (Phi) is 5.31. The molecular weight excluding hydrogens is 400 g/mol. The predicted molar refractivity (Wildman–Crippen MR) is 115 cm³/mol. The SMILES string of the molecule is CCCCCSc1nnc2c(n1)O[C@H](c1ccc3c(c1)OCO3)Nc1ccccc1-2. The minimum atomic E-state index is -0.448. The number of benzene rings is 2. The van der Waals surface area contributed by atoms with Crippen LogP contribution in [0.15, 0.2) is 47.6 Å². The normalized spacial score (nSPS) is 16.1. The van der Waals surface area contributed by atoms with Crippen molar-refractivity contribution in [2.24, 2.45) is 0 Å². The quantitative estimate of drug-likeness (QED) is 0.437. The lowest BCUT2D eigenvalue weighted by Gasteiger charge is -2.19. The van der Waals surface area contributed by atoms with Gasteiger partial charge in [-0.1, -0.05) is 49.7 Å². The number of thioether (sulfide) groups is 1. The van der Waals surface area contributed by atoms with E-state index >= 15 is 0 Å². The van der Waals surface area contributed by atoms with Gasteiger partial charge in [-0.25, -0.2) is 0 Å². The first-order valence-electron chi connectivity index (χ1n) is 10.1. The van der Waals surface area contributed by atoms with Crippen molar-refractivity contribution >= 4 is 17.4 Å². The van der Waals surface area contributed by atoms with Crippen LogP contribution in [0.2, 0.25) is 0 Å². The highest BCUT2D eigenvalue weighted by atomic mass is 32.2. The van der Waals surface area contributed by atoms with Gasteiger partial charge in [0.1, 0.15) is 0 Å². The third-order valence-corrected chi connectivity index (χ3v) is 5.94. The molecule has 7 nitrogen and oxygen atoms in total. The van der Waals surface area contributed by atoms with Crippen LogP contribution in [-0.4, -0.2) is 27.7 Å². The van der Waals surface area contributed by atoms with Gasteiger partial charge in [-0.2, -0.15) is 4.98 Å². The van der Waals surface area contributed by atoms with Crippen molar-refractivity contribution in [2.75, 3.05) is 17.9 Å². The number of fused-ring (bicyclic) bond motifs is 4. The van der Waals surface area contributed by atoms with Crippen molar-refractivity contribution < 1.29 is 14.2 Å². The first-order valence-corrected chi connectivity index (χ1v) is 11.1. The lowest BCUT2D eigenvalue weighted by atomic mass is 10.1. The molecule has 0 amide bonds. The molecule has 1 atom stereocenters. The zero-order chi connectivity index (χ0) is 20.3. The highest BCUT2D eigenvalue weighted by Gasteiger charge is 2.27. The van der Waals surface area contributed by atoms with Gasteiger partial charge in [-0.15, -0.1) is 10.2 Å². The molecule has 2 aliphatic heterocycles. The fourth-order valence-corrected chi connectivity index (χ4v) is 4.23. The van der Waals surface area contributed by atoms with E-state index in [0.29, 0.717) is 22.5 Å². The second-order valence-electron chi connectivity index (χ2n) is 7.10. The molecule has 0 saturated heterocycles. The smallest absolute Gasteiger partial charge is 0.247 e. The van der Waals surface area contributed by atoms with Crippen LogP contribution in [0.1, 0.15) is 38.0 Å². The summed E-state index contributed by atoms with van der Waals surface area (Å²) in [6, 6.07) is 13.7. The molecule has 154 valence electrons. The number of aromatic nitrogens is 3. The maximum absolute atomic E-state index is 6.32. The second-order valence-corrected chi connectivity index (χ2v) is 8.17. The van der Waals surface area contributed by atoms with Gasteiger partial charge in [0.25, 0.3) is 0 Å². The van der Waals surface area contributed by atoms with E-state index in [4.69, 9.17) is 14.2 Å². The van der Waals surface area contributed by atoms with Crippen LogP contribution in [0.3, 0.4) is 0 Å². The van der Waals surface area contributed by atoms with Crippen molar-refractivity contribution in [3.05, 3.63) is 48.0 Å². The van der Waals surface area contributed by atoms with Gasteiger partial charge in [-0.05, 0) is 30.7 Å². The van der Waals surface area contributed by atoms with Crippen molar-refractivity contribution in [1.82, 2.24) is 15.2 Å². The van der Waals surface area contributed by atoms with E-state index in [0.717, 1.165) is 34.7 Å². The minimum Gasteiger partial charge on any atom is -0.454 e. The average Bonchev–Trinajstić information content (AvgIpc) is 3.18. The molecule has 2 aromatic carbocycles. The Balaban J connectivity index is 1.49. The molecule has 0 radical (unpaired) electrons. The van der Waals surface area contributed by atoms with Crippen LogP contribution in [-0.2, 0) is 0 Å². The summed E-state index contributed by atoms with van der Waals surface area (Å²) in [5, 5.41) is 12.9. The van der Waals surface area contributed by atoms with E-state index in [1.807, 2.05) is 42.5 Å².